The summed E-state index contributed by atoms with van der Waals surface area (Å²) in [7, 11) is 0. The monoisotopic (exact) mass is 254 g/mol. The van der Waals surface area contributed by atoms with Gasteiger partial charge in [0.2, 0.25) is 0 Å². The molecule has 0 aliphatic heterocycles. The van der Waals surface area contributed by atoms with Crippen molar-refractivity contribution in [1.82, 2.24) is 14.9 Å². The maximum Gasteiger partial charge on any atom is 0.255 e. The van der Waals surface area contributed by atoms with E-state index < -0.39 is 0 Å². The molecule has 0 radical (unpaired) electrons. The van der Waals surface area contributed by atoms with E-state index in [2.05, 4.69) is 10.4 Å². The molecule has 1 atom stereocenters. The summed E-state index contributed by atoms with van der Waals surface area (Å²) in [4.78, 5) is 11.9. The first-order chi connectivity index (χ1) is 7.72. The molecular weight excluding hydrogens is 240 g/mol. The predicted octanol–water partition coefficient (Wildman–Crippen LogP) is 0.833. The fourth-order valence-electron chi connectivity index (χ4n) is 1.47. The third-order valence-corrected chi connectivity index (χ3v) is 2.40. The number of fused-ring (bicyclic) bond motifs is 1. The maximum absolute atomic E-state index is 11.9. The second-order valence-electron chi connectivity index (χ2n) is 3.70. The molecule has 2 aromatic heterocycles. The van der Waals surface area contributed by atoms with Crippen LogP contribution in [0.2, 0.25) is 0 Å². The van der Waals surface area contributed by atoms with Gasteiger partial charge in [-0.1, -0.05) is 6.07 Å². The molecule has 5 nitrogen and oxygen atoms in total. The molecule has 0 aliphatic carbocycles. The van der Waals surface area contributed by atoms with E-state index in [1.807, 2.05) is 25.1 Å². The zero-order valence-corrected chi connectivity index (χ0v) is 10.3. The second-order valence-corrected chi connectivity index (χ2v) is 3.70. The van der Waals surface area contributed by atoms with E-state index in [-0.39, 0.29) is 24.4 Å². The molecule has 0 aromatic carbocycles. The number of halogens is 1. The average Bonchev–Trinajstić information content (AvgIpc) is 2.72. The van der Waals surface area contributed by atoms with Crippen LogP contribution in [0.15, 0.2) is 30.6 Å². The minimum Gasteiger partial charge on any atom is -0.348 e. The van der Waals surface area contributed by atoms with E-state index in [9.17, 15) is 4.79 Å². The van der Waals surface area contributed by atoms with Crippen molar-refractivity contribution < 1.29 is 4.79 Å². The molecule has 3 N–H and O–H groups in total. The molecule has 0 bridgehead atoms. The first-order valence-electron chi connectivity index (χ1n) is 5.15. The van der Waals surface area contributed by atoms with Crippen molar-refractivity contribution in [3.05, 3.63) is 36.2 Å². The van der Waals surface area contributed by atoms with Gasteiger partial charge in [-0.15, -0.1) is 12.4 Å². The van der Waals surface area contributed by atoms with E-state index in [1.54, 1.807) is 16.9 Å². The molecule has 0 aliphatic rings. The number of nitrogens with one attached hydrogen (secondary N) is 1. The van der Waals surface area contributed by atoms with Crippen LogP contribution in [0, 0.1) is 0 Å². The van der Waals surface area contributed by atoms with Crippen molar-refractivity contribution in [1.29, 1.82) is 0 Å². The smallest absolute Gasteiger partial charge is 0.255 e. The second kappa shape index (κ2) is 5.65. The molecule has 6 heteroatoms. The van der Waals surface area contributed by atoms with Crippen LogP contribution >= 0.6 is 12.4 Å². The third-order valence-electron chi connectivity index (χ3n) is 2.40. The van der Waals surface area contributed by atoms with Crippen LogP contribution in [0.1, 0.15) is 17.3 Å². The highest BCUT2D eigenvalue weighted by molar-refractivity contribution is 6.00. The predicted molar refractivity (Wildman–Crippen MR) is 68.4 cm³/mol. The molecule has 92 valence electrons. The fourth-order valence-corrected chi connectivity index (χ4v) is 1.47. The molecule has 2 aromatic rings. The Kier molecular flexibility index (Phi) is 4.48. The van der Waals surface area contributed by atoms with Gasteiger partial charge in [0.05, 0.1) is 17.3 Å². The van der Waals surface area contributed by atoms with Crippen LogP contribution < -0.4 is 11.1 Å². The number of rotatable bonds is 3. The highest BCUT2D eigenvalue weighted by atomic mass is 35.5. The molecule has 2 rings (SSSR count). The van der Waals surface area contributed by atoms with Gasteiger partial charge < -0.3 is 11.1 Å². The van der Waals surface area contributed by atoms with Crippen LogP contribution in [-0.2, 0) is 0 Å². The molecule has 0 saturated heterocycles. The standard InChI is InChI=1S/C11H14N4O.ClH/c1-8(6-12)14-11(16)9-7-13-15-5-3-2-4-10(9)15;/h2-5,7-8H,6,12H2,1H3,(H,14,16);1H/t8-;/m1./s1. The Morgan fingerprint density at radius 2 is 2.35 bits per heavy atom. The van der Waals surface area contributed by atoms with Crippen molar-refractivity contribution in [3.63, 3.8) is 0 Å². The van der Waals surface area contributed by atoms with Gasteiger partial charge in [-0.3, -0.25) is 4.79 Å². The van der Waals surface area contributed by atoms with Crippen molar-refractivity contribution in [3.8, 4) is 0 Å². The lowest BCUT2D eigenvalue weighted by Gasteiger charge is -2.10. The molecule has 1 amide bonds. The number of hydrogen-bond acceptors (Lipinski definition) is 3. The summed E-state index contributed by atoms with van der Waals surface area (Å²) >= 11 is 0. The largest absolute Gasteiger partial charge is 0.348 e. The quantitative estimate of drug-likeness (QED) is 0.852. The number of pyridine rings is 1. The van der Waals surface area contributed by atoms with Gasteiger partial charge in [0.15, 0.2) is 0 Å². The van der Waals surface area contributed by atoms with Gasteiger partial charge >= 0.3 is 0 Å². The highest BCUT2D eigenvalue weighted by Crippen LogP contribution is 2.09. The van der Waals surface area contributed by atoms with Crippen LogP contribution in [0.4, 0.5) is 0 Å². The summed E-state index contributed by atoms with van der Waals surface area (Å²) in [6.07, 6.45) is 3.37. The third kappa shape index (κ3) is 2.75. The number of nitrogens with zero attached hydrogens (tertiary/aromatic N) is 2. The topological polar surface area (TPSA) is 72.4 Å². The lowest BCUT2D eigenvalue weighted by molar-refractivity contribution is 0.0943. The Morgan fingerprint density at radius 1 is 1.59 bits per heavy atom. The Labute approximate surface area is 105 Å². The normalized spacial score (nSPS) is 11.9. The SMILES string of the molecule is C[C@H](CN)NC(=O)c1cnn2ccccc12.Cl. The summed E-state index contributed by atoms with van der Waals surface area (Å²) in [5, 5.41) is 6.90. The first kappa shape index (κ1) is 13.5. The van der Waals surface area contributed by atoms with Crippen LogP contribution in [0.3, 0.4) is 0 Å². The number of carbonyl (C=O) groups is 1. The van der Waals surface area contributed by atoms with E-state index >= 15 is 0 Å². The van der Waals surface area contributed by atoms with Gasteiger partial charge in [0.1, 0.15) is 0 Å². The van der Waals surface area contributed by atoms with Crippen molar-refractivity contribution in [2.24, 2.45) is 5.73 Å². The number of amides is 1. The Balaban J connectivity index is 0.00000144. The van der Waals surface area contributed by atoms with E-state index in [4.69, 9.17) is 5.73 Å². The highest BCUT2D eigenvalue weighted by Gasteiger charge is 2.13. The van der Waals surface area contributed by atoms with Crippen molar-refractivity contribution in [2.45, 2.75) is 13.0 Å². The molecular formula is C11H15ClN4O. The average molecular weight is 255 g/mol. The summed E-state index contributed by atoms with van der Waals surface area (Å²) in [6.45, 7) is 2.29. The number of nitrogens with two attached hydrogens (primary N) is 1. The van der Waals surface area contributed by atoms with Crippen molar-refractivity contribution >= 4 is 23.8 Å². The van der Waals surface area contributed by atoms with E-state index in [0.29, 0.717) is 12.1 Å². The molecule has 0 spiro atoms. The van der Waals surface area contributed by atoms with Gasteiger partial charge in [-0.05, 0) is 19.1 Å². The molecule has 0 unspecified atom stereocenters. The van der Waals surface area contributed by atoms with Crippen LogP contribution in [0.25, 0.3) is 5.52 Å². The van der Waals surface area contributed by atoms with Gasteiger partial charge in [-0.25, -0.2) is 4.52 Å². The summed E-state index contributed by atoms with van der Waals surface area (Å²) < 4.78 is 1.67. The Hall–Kier alpha value is -1.59. The molecule has 0 fully saturated rings. The number of aromatic nitrogens is 2. The summed E-state index contributed by atoms with van der Waals surface area (Å²) in [6, 6.07) is 5.56. The minimum absolute atomic E-state index is 0. The van der Waals surface area contributed by atoms with Crippen LogP contribution in [-0.4, -0.2) is 28.1 Å². The zero-order valence-electron chi connectivity index (χ0n) is 9.46. The Bertz CT molecular complexity index is 511. The molecule has 2 heterocycles. The zero-order chi connectivity index (χ0) is 11.5. The summed E-state index contributed by atoms with van der Waals surface area (Å²) in [5.74, 6) is -0.140. The minimum atomic E-state index is -0.140. The maximum atomic E-state index is 11.9. The van der Waals surface area contributed by atoms with Gasteiger partial charge in [-0.2, -0.15) is 5.10 Å². The number of hydrogen-bond donors (Lipinski definition) is 2. The Morgan fingerprint density at radius 3 is 3.06 bits per heavy atom. The first-order valence-corrected chi connectivity index (χ1v) is 5.15. The fraction of sp³-hybridized carbons (Fsp3) is 0.273. The van der Waals surface area contributed by atoms with Gasteiger partial charge in [0.25, 0.3) is 5.91 Å². The van der Waals surface area contributed by atoms with Gasteiger partial charge in [0, 0.05) is 18.8 Å². The number of carbonyl (C=O) groups excluding carboxylic acids is 1. The van der Waals surface area contributed by atoms with Crippen molar-refractivity contribution in [2.75, 3.05) is 6.54 Å². The lowest BCUT2D eigenvalue weighted by Crippen LogP contribution is -2.37. The van der Waals surface area contributed by atoms with Crippen LogP contribution in [0.5, 0.6) is 0 Å². The van der Waals surface area contributed by atoms with E-state index in [0.717, 1.165) is 5.52 Å². The van der Waals surface area contributed by atoms with E-state index in [1.165, 1.54) is 0 Å². The molecule has 0 saturated carbocycles. The molecule has 17 heavy (non-hydrogen) atoms. The summed E-state index contributed by atoms with van der Waals surface area (Å²) in [5.41, 5.74) is 6.82. The lowest BCUT2D eigenvalue weighted by atomic mass is 10.2.